The lowest BCUT2D eigenvalue weighted by Gasteiger charge is -2.15. The van der Waals surface area contributed by atoms with Gasteiger partial charge in [0.1, 0.15) is 0 Å². The van der Waals surface area contributed by atoms with Gasteiger partial charge in [0.2, 0.25) is 0 Å². The van der Waals surface area contributed by atoms with Crippen molar-refractivity contribution >= 4 is 28.7 Å². The van der Waals surface area contributed by atoms with Gasteiger partial charge in [0.25, 0.3) is 5.69 Å². The molecule has 0 saturated carbocycles. The topological polar surface area (TPSA) is 58.4 Å². The zero-order chi connectivity index (χ0) is 15.4. The van der Waals surface area contributed by atoms with E-state index in [1.807, 2.05) is 37.2 Å². The molecule has 0 aliphatic rings. The van der Waals surface area contributed by atoms with E-state index in [1.165, 1.54) is 6.07 Å². The minimum absolute atomic E-state index is 0.112. The average Bonchev–Trinajstić information content (AvgIpc) is 2.45. The lowest BCUT2D eigenvalue weighted by molar-refractivity contribution is -0.385. The standard InChI is InChI=1S/C15H16ClN3O2/c1-18(2)15-8-7-12(9-13(15)16)17-10-11-5-3-4-6-14(11)19(20)21/h3-9,17H,10H2,1-2H3. The fourth-order valence-electron chi connectivity index (χ4n) is 2.02. The Labute approximate surface area is 128 Å². The van der Waals surface area contributed by atoms with Crippen molar-refractivity contribution in [2.75, 3.05) is 24.3 Å². The van der Waals surface area contributed by atoms with Crippen LogP contribution in [0.15, 0.2) is 42.5 Å². The molecular formula is C15H16ClN3O2. The molecule has 0 bridgehead atoms. The van der Waals surface area contributed by atoms with E-state index in [0.29, 0.717) is 17.1 Å². The molecule has 5 nitrogen and oxygen atoms in total. The summed E-state index contributed by atoms with van der Waals surface area (Å²) < 4.78 is 0. The minimum atomic E-state index is -0.376. The van der Waals surface area contributed by atoms with Crippen molar-refractivity contribution in [3.05, 3.63) is 63.2 Å². The normalized spacial score (nSPS) is 10.2. The van der Waals surface area contributed by atoms with Crippen LogP contribution in [-0.2, 0) is 6.54 Å². The van der Waals surface area contributed by atoms with Gasteiger partial charge < -0.3 is 10.2 Å². The number of para-hydroxylation sites is 1. The minimum Gasteiger partial charge on any atom is -0.381 e. The SMILES string of the molecule is CN(C)c1ccc(NCc2ccccc2[N+](=O)[O-])cc1Cl. The summed E-state index contributed by atoms with van der Waals surface area (Å²) in [5.41, 5.74) is 2.49. The van der Waals surface area contributed by atoms with Gasteiger partial charge in [-0.2, -0.15) is 0 Å². The summed E-state index contributed by atoms with van der Waals surface area (Å²) in [6, 6.07) is 12.3. The molecule has 6 heteroatoms. The summed E-state index contributed by atoms with van der Waals surface area (Å²) in [6.45, 7) is 0.370. The molecule has 0 heterocycles. The van der Waals surface area contributed by atoms with Gasteiger partial charge in [-0.3, -0.25) is 10.1 Å². The highest BCUT2D eigenvalue weighted by Crippen LogP contribution is 2.28. The fourth-order valence-corrected chi connectivity index (χ4v) is 2.36. The molecule has 1 N–H and O–H groups in total. The lowest BCUT2D eigenvalue weighted by atomic mass is 10.1. The average molecular weight is 306 g/mol. The number of nitro groups is 1. The predicted molar refractivity (Wildman–Crippen MR) is 86.2 cm³/mol. The Bertz CT molecular complexity index is 659. The van der Waals surface area contributed by atoms with Gasteiger partial charge in [0, 0.05) is 38.0 Å². The van der Waals surface area contributed by atoms with Crippen molar-refractivity contribution in [2.45, 2.75) is 6.54 Å². The highest BCUT2D eigenvalue weighted by atomic mass is 35.5. The third-order valence-electron chi connectivity index (χ3n) is 3.10. The first-order valence-corrected chi connectivity index (χ1v) is 6.80. The number of rotatable bonds is 5. The van der Waals surface area contributed by atoms with Crippen LogP contribution < -0.4 is 10.2 Å². The van der Waals surface area contributed by atoms with Gasteiger partial charge in [-0.25, -0.2) is 0 Å². The molecule has 2 aromatic rings. The molecule has 2 aromatic carbocycles. The van der Waals surface area contributed by atoms with Gasteiger partial charge in [-0.05, 0) is 18.2 Å². The second kappa shape index (κ2) is 6.45. The molecule has 0 amide bonds. The van der Waals surface area contributed by atoms with Crippen molar-refractivity contribution in [3.8, 4) is 0 Å². The van der Waals surface area contributed by atoms with Gasteiger partial charge in [0.05, 0.1) is 15.6 Å². The second-order valence-electron chi connectivity index (χ2n) is 4.80. The van der Waals surface area contributed by atoms with E-state index in [9.17, 15) is 10.1 Å². The molecule has 0 radical (unpaired) electrons. The third kappa shape index (κ3) is 3.64. The van der Waals surface area contributed by atoms with Crippen molar-refractivity contribution in [2.24, 2.45) is 0 Å². The van der Waals surface area contributed by atoms with Crippen LogP contribution in [0.1, 0.15) is 5.56 Å². The van der Waals surface area contributed by atoms with Crippen LogP contribution in [0.5, 0.6) is 0 Å². The zero-order valence-electron chi connectivity index (χ0n) is 11.8. The first-order valence-electron chi connectivity index (χ1n) is 6.42. The maximum absolute atomic E-state index is 11.0. The van der Waals surface area contributed by atoms with E-state index >= 15 is 0 Å². The van der Waals surface area contributed by atoms with E-state index in [-0.39, 0.29) is 10.6 Å². The predicted octanol–water partition coefficient (Wildman–Crippen LogP) is 3.93. The number of nitrogens with one attached hydrogen (secondary N) is 1. The number of nitro benzene ring substituents is 1. The van der Waals surface area contributed by atoms with Crippen molar-refractivity contribution < 1.29 is 4.92 Å². The van der Waals surface area contributed by atoms with E-state index in [2.05, 4.69) is 5.32 Å². The Kier molecular flexibility index (Phi) is 4.65. The Balaban J connectivity index is 2.14. The first kappa shape index (κ1) is 15.1. The molecule has 0 fully saturated rings. The summed E-state index contributed by atoms with van der Waals surface area (Å²) >= 11 is 6.20. The van der Waals surface area contributed by atoms with Gasteiger partial charge in [-0.15, -0.1) is 0 Å². The first-order chi connectivity index (χ1) is 9.99. The summed E-state index contributed by atoms with van der Waals surface area (Å²) in [7, 11) is 3.84. The number of halogens is 1. The maximum atomic E-state index is 11.0. The molecule has 0 aliphatic heterocycles. The molecule has 110 valence electrons. The van der Waals surface area contributed by atoms with Crippen LogP contribution in [0, 0.1) is 10.1 Å². The Hall–Kier alpha value is -2.27. The van der Waals surface area contributed by atoms with Crippen LogP contribution in [-0.4, -0.2) is 19.0 Å². The summed E-state index contributed by atoms with van der Waals surface area (Å²) in [5.74, 6) is 0. The summed E-state index contributed by atoms with van der Waals surface area (Å²) in [5, 5.41) is 14.7. The fraction of sp³-hybridized carbons (Fsp3) is 0.200. The smallest absolute Gasteiger partial charge is 0.274 e. The number of hydrogen-bond donors (Lipinski definition) is 1. The van der Waals surface area contributed by atoms with E-state index in [0.717, 1.165) is 11.4 Å². The highest BCUT2D eigenvalue weighted by Gasteiger charge is 2.12. The van der Waals surface area contributed by atoms with Crippen LogP contribution in [0.2, 0.25) is 5.02 Å². The molecule has 2 rings (SSSR count). The summed E-state index contributed by atoms with van der Waals surface area (Å²) in [6.07, 6.45) is 0. The maximum Gasteiger partial charge on any atom is 0.274 e. The quantitative estimate of drug-likeness (QED) is 0.672. The molecule has 0 unspecified atom stereocenters. The van der Waals surface area contributed by atoms with Gasteiger partial charge >= 0.3 is 0 Å². The Morgan fingerprint density at radius 1 is 1.24 bits per heavy atom. The second-order valence-corrected chi connectivity index (χ2v) is 5.21. The molecule has 0 saturated heterocycles. The van der Waals surface area contributed by atoms with Gasteiger partial charge in [-0.1, -0.05) is 29.8 Å². The van der Waals surface area contributed by atoms with Gasteiger partial charge in [0.15, 0.2) is 0 Å². The van der Waals surface area contributed by atoms with E-state index in [4.69, 9.17) is 11.6 Å². The Morgan fingerprint density at radius 3 is 2.57 bits per heavy atom. The molecule has 0 spiro atoms. The van der Waals surface area contributed by atoms with Crippen LogP contribution in [0.25, 0.3) is 0 Å². The molecule has 21 heavy (non-hydrogen) atoms. The Morgan fingerprint density at radius 2 is 1.95 bits per heavy atom. The van der Waals surface area contributed by atoms with Crippen molar-refractivity contribution in [3.63, 3.8) is 0 Å². The number of hydrogen-bond acceptors (Lipinski definition) is 4. The molecular weight excluding hydrogens is 290 g/mol. The lowest BCUT2D eigenvalue weighted by Crippen LogP contribution is -2.09. The number of anilines is 2. The monoisotopic (exact) mass is 305 g/mol. The van der Waals surface area contributed by atoms with Crippen molar-refractivity contribution in [1.82, 2.24) is 0 Å². The van der Waals surface area contributed by atoms with Crippen molar-refractivity contribution in [1.29, 1.82) is 0 Å². The molecule has 0 atom stereocenters. The third-order valence-corrected chi connectivity index (χ3v) is 3.40. The van der Waals surface area contributed by atoms with Crippen LogP contribution in [0.4, 0.5) is 17.1 Å². The molecule has 0 aliphatic carbocycles. The van der Waals surface area contributed by atoms with E-state index in [1.54, 1.807) is 18.2 Å². The molecule has 0 aromatic heterocycles. The van der Waals surface area contributed by atoms with Crippen LogP contribution in [0.3, 0.4) is 0 Å². The largest absolute Gasteiger partial charge is 0.381 e. The van der Waals surface area contributed by atoms with Crippen LogP contribution >= 0.6 is 11.6 Å². The van der Waals surface area contributed by atoms with E-state index < -0.39 is 0 Å². The summed E-state index contributed by atoms with van der Waals surface area (Å²) in [4.78, 5) is 12.5. The number of nitrogens with zero attached hydrogens (tertiary/aromatic N) is 2. The highest BCUT2D eigenvalue weighted by molar-refractivity contribution is 6.33. The zero-order valence-corrected chi connectivity index (χ0v) is 12.6. The number of benzene rings is 2.